The third kappa shape index (κ3) is 6.72. The van der Waals surface area contributed by atoms with Crippen molar-refractivity contribution in [3.05, 3.63) is 35.6 Å². The molecular weight excluding hydrogens is 237 g/mol. The van der Waals surface area contributed by atoms with E-state index in [0.29, 0.717) is 12.0 Å². The fraction of sp³-hybridized carbons (Fsp3) is 0.647. The van der Waals surface area contributed by atoms with Crippen LogP contribution < -0.4 is 5.32 Å². The predicted octanol–water partition coefficient (Wildman–Crippen LogP) is 4.73. The van der Waals surface area contributed by atoms with Gasteiger partial charge >= 0.3 is 0 Å². The maximum atomic E-state index is 13.0. The topological polar surface area (TPSA) is 12.0 Å². The highest BCUT2D eigenvalue weighted by Crippen LogP contribution is 2.23. The maximum absolute atomic E-state index is 13.0. The van der Waals surface area contributed by atoms with Crippen LogP contribution >= 0.6 is 0 Å². The molecule has 0 saturated heterocycles. The second-order valence-electron chi connectivity index (χ2n) is 6.14. The molecule has 2 heteroatoms. The summed E-state index contributed by atoms with van der Waals surface area (Å²) in [6, 6.07) is 7.49. The fourth-order valence-electron chi connectivity index (χ4n) is 2.27. The SMILES string of the molecule is CC(C)CCCC(CNC(C)C)c1ccc(F)cc1. The van der Waals surface area contributed by atoms with E-state index in [1.54, 1.807) is 12.1 Å². The molecular formula is C17H28FN. The number of hydrogen-bond acceptors (Lipinski definition) is 1. The van der Waals surface area contributed by atoms with Gasteiger partial charge in [-0.05, 0) is 36.0 Å². The van der Waals surface area contributed by atoms with Gasteiger partial charge in [0.05, 0.1) is 0 Å². The first-order valence-electron chi connectivity index (χ1n) is 7.48. The summed E-state index contributed by atoms with van der Waals surface area (Å²) in [4.78, 5) is 0. The Morgan fingerprint density at radius 1 is 1.00 bits per heavy atom. The van der Waals surface area contributed by atoms with Crippen molar-refractivity contribution in [1.82, 2.24) is 5.32 Å². The van der Waals surface area contributed by atoms with Crippen molar-refractivity contribution < 1.29 is 4.39 Å². The van der Waals surface area contributed by atoms with Crippen molar-refractivity contribution in [3.8, 4) is 0 Å². The summed E-state index contributed by atoms with van der Waals surface area (Å²) in [5.74, 6) is 1.09. The Morgan fingerprint density at radius 3 is 2.16 bits per heavy atom. The number of nitrogens with one attached hydrogen (secondary N) is 1. The smallest absolute Gasteiger partial charge is 0.123 e. The van der Waals surface area contributed by atoms with Gasteiger partial charge in [-0.3, -0.25) is 0 Å². The van der Waals surface area contributed by atoms with Crippen molar-refractivity contribution in [2.45, 2.75) is 58.9 Å². The number of rotatable bonds is 8. The van der Waals surface area contributed by atoms with E-state index >= 15 is 0 Å². The molecule has 1 unspecified atom stereocenters. The van der Waals surface area contributed by atoms with Gasteiger partial charge in [0.1, 0.15) is 5.82 Å². The van der Waals surface area contributed by atoms with Gasteiger partial charge in [0.2, 0.25) is 0 Å². The largest absolute Gasteiger partial charge is 0.314 e. The third-order valence-electron chi connectivity index (χ3n) is 3.45. The molecule has 0 amide bonds. The summed E-state index contributed by atoms with van der Waals surface area (Å²) in [6.45, 7) is 9.83. The number of benzene rings is 1. The van der Waals surface area contributed by atoms with Gasteiger partial charge < -0.3 is 5.32 Å². The van der Waals surface area contributed by atoms with Crippen LogP contribution in [-0.4, -0.2) is 12.6 Å². The van der Waals surface area contributed by atoms with Crippen LogP contribution in [0.15, 0.2) is 24.3 Å². The first-order valence-corrected chi connectivity index (χ1v) is 7.48. The van der Waals surface area contributed by atoms with Crippen molar-refractivity contribution in [2.24, 2.45) is 5.92 Å². The Balaban J connectivity index is 2.59. The lowest BCUT2D eigenvalue weighted by Crippen LogP contribution is -2.28. The minimum atomic E-state index is -0.151. The highest BCUT2D eigenvalue weighted by Gasteiger charge is 2.12. The Hall–Kier alpha value is -0.890. The van der Waals surface area contributed by atoms with Gasteiger partial charge in [-0.1, -0.05) is 52.7 Å². The molecule has 0 saturated carbocycles. The van der Waals surface area contributed by atoms with E-state index in [1.807, 2.05) is 12.1 Å². The third-order valence-corrected chi connectivity index (χ3v) is 3.45. The molecule has 0 aliphatic rings. The first kappa shape index (κ1) is 16.2. The minimum absolute atomic E-state index is 0.151. The van der Waals surface area contributed by atoms with E-state index in [9.17, 15) is 4.39 Å². The van der Waals surface area contributed by atoms with E-state index in [4.69, 9.17) is 0 Å². The van der Waals surface area contributed by atoms with Crippen LogP contribution in [0.25, 0.3) is 0 Å². The van der Waals surface area contributed by atoms with Crippen LogP contribution in [0.4, 0.5) is 4.39 Å². The van der Waals surface area contributed by atoms with Crippen LogP contribution in [0, 0.1) is 11.7 Å². The Labute approximate surface area is 117 Å². The molecule has 19 heavy (non-hydrogen) atoms. The molecule has 1 N–H and O–H groups in total. The second kappa shape index (κ2) is 8.31. The highest BCUT2D eigenvalue weighted by molar-refractivity contribution is 5.20. The first-order chi connectivity index (χ1) is 8.99. The van der Waals surface area contributed by atoms with Crippen LogP contribution in [0.1, 0.15) is 58.4 Å². The second-order valence-corrected chi connectivity index (χ2v) is 6.14. The number of hydrogen-bond donors (Lipinski definition) is 1. The Kier molecular flexibility index (Phi) is 7.07. The molecule has 1 rings (SSSR count). The summed E-state index contributed by atoms with van der Waals surface area (Å²) in [6.07, 6.45) is 3.67. The average molecular weight is 265 g/mol. The van der Waals surface area contributed by atoms with E-state index < -0.39 is 0 Å². The summed E-state index contributed by atoms with van der Waals surface area (Å²) in [7, 11) is 0. The van der Waals surface area contributed by atoms with Crippen LogP contribution in [-0.2, 0) is 0 Å². The van der Waals surface area contributed by atoms with Crippen molar-refractivity contribution in [1.29, 1.82) is 0 Å². The quantitative estimate of drug-likeness (QED) is 0.716. The fourth-order valence-corrected chi connectivity index (χ4v) is 2.27. The van der Waals surface area contributed by atoms with Gasteiger partial charge in [-0.15, -0.1) is 0 Å². The van der Waals surface area contributed by atoms with Crippen molar-refractivity contribution >= 4 is 0 Å². The molecule has 0 radical (unpaired) electrons. The molecule has 0 aromatic heterocycles. The lowest BCUT2D eigenvalue weighted by atomic mass is 9.91. The maximum Gasteiger partial charge on any atom is 0.123 e. The molecule has 1 nitrogen and oxygen atoms in total. The van der Waals surface area contributed by atoms with Gasteiger partial charge in [0.25, 0.3) is 0 Å². The van der Waals surface area contributed by atoms with Crippen LogP contribution in [0.2, 0.25) is 0 Å². The zero-order valence-electron chi connectivity index (χ0n) is 12.7. The lowest BCUT2D eigenvalue weighted by Gasteiger charge is -2.20. The predicted molar refractivity (Wildman–Crippen MR) is 81.0 cm³/mol. The molecule has 1 atom stereocenters. The molecule has 0 aliphatic heterocycles. The van der Waals surface area contributed by atoms with E-state index in [1.165, 1.54) is 24.8 Å². The van der Waals surface area contributed by atoms with Gasteiger partial charge in [0, 0.05) is 12.6 Å². The number of halogens is 1. The van der Waals surface area contributed by atoms with Crippen LogP contribution in [0.5, 0.6) is 0 Å². The molecule has 0 fully saturated rings. The lowest BCUT2D eigenvalue weighted by molar-refractivity contribution is 0.463. The standard InChI is InChI=1S/C17H28FN/c1-13(2)6-5-7-16(12-19-14(3)4)15-8-10-17(18)11-9-15/h8-11,13-14,16,19H,5-7,12H2,1-4H3. The molecule has 0 aliphatic carbocycles. The monoisotopic (exact) mass is 265 g/mol. The Bertz CT molecular complexity index is 343. The zero-order chi connectivity index (χ0) is 14.3. The molecule has 1 aromatic rings. The van der Waals surface area contributed by atoms with Gasteiger partial charge in [-0.25, -0.2) is 4.39 Å². The molecule has 108 valence electrons. The normalized spacial score (nSPS) is 13.2. The van der Waals surface area contributed by atoms with E-state index in [0.717, 1.165) is 12.5 Å². The van der Waals surface area contributed by atoms with E-state index in [2.05, 4.69) is 33.0 Å². The Morgan fingerprint density at radius 2 is 1.63 bits per heavy atom. The molecule has 0 bridgehead atoms. The summed E-state index contributed by atoms with van der Waals surface area (Å²) < 4.78 is 13.0. The zero-order valence-corrected chi connectivity index (χ0v) is 12.7. The van der Waals surface area contributed by atoms with Crippen molar-refractivity contribution in [3.63, 3.8) is 0 Å². The van der Waals surface area contributed by atoms with Crippen LogP contribution in [0.3, 0.4) is 0 Å². The average Bonchev–Trinajstić information content (AvgIpc) is 2.34. The highest BCUT2D eigenvalue weighted by atomic mass is 19.1. The van der Waals surface area contributed by atoms with Gasteiger partial charge in [0.15, 0.2) is 0 Å². The summed E-state index contributed by atoms with van der Waals surface area (Å²) in [5.41, 5.74) is 1.25. The summed E-state index contributed by atoms with van der Waals surface area (Å²) in [5, 5.41) is 3.50. The van der Waals surface area contributed by atoms with E-state index in [-0.39, 0.29) is 5.82 Å². The molecule has 1 aromatic carbocycles. The minimum Gasteiger partial charge on any atom is -0.314 e. The van der Waals surface area contributed by atoms with Gasteiger partial charge in [-0.2, -0.15) is 0 Å². The molecule has 0 spiro atoms. The summed E-state index contributed by atoms with van der Waals surface area (Å²) >= 11 is 0. The van der Waals surface area contributed by atoms with Crippen molar-refractivity contribution in [2.75, 3.05) is 6.54 Å². The molecule has 0 heterocycles.